The van der Waals surface area contributed by atoms with Crippen LogP contribution < -0.4 is 16.4 Å². The first kappa shape index (κ1) is 26.7. The predicted octanol–water partition coefficient (Wildman–Crippen LogP) is 2.33. The molecule has 2 aromatic rings. The maximum Gasteiger partial charge on any atom is 0.251 e. The Morgan fingerprint density at radius 1 is 1.22 bits per heavy atom. The largest absolute Gasteiger partial charge is 0.367 e. The number of carbonyl (C=O) groups is 2. The lowest BCUT2D eigenvalue weighted by atomic mass is 9.78. The van der Waals surface area contributed by atoms with Crippen LogP contribution in [0.2, 0.25) is 0 Å². The zero-order chi connectivity index (χ0) is 26.0. The lowest BCUT2D eigenvalue weighted by molar-refractivity contribution is -0.128. The quantitative estimate of drug-likeness (QED) is 0.441. The molecule has 2 amide bonds. The fraction of sp³-hybridized carbons (Fsp3) is 0.360. The first-order valence-corrected chi connectivity index (χ1v) is 15.1. The minimum atomic E-state index is -3.93. The molecule has 0 radical (unpaired) electrons. The van der Waals surface area contributed by atoms with Crippen LogP contribution in [0.5, 0.6) is 0 Å². The van der Waals surface area contributed by atoms with Gasteiger partial charge in [-0.2, -0.15) is 4.31 Å². The second-order valence-electron chi connectivity index (χ2n) is 8.55. The van der Waals surface area contributed by atoms with Crippen LogP contribution in [-0.2, 0) is 25.2 Å². The minimum Gasteiger partial charge on any atom is -0.367 e. The summed E-state index contributed by atoms with van der Waals surface area (Å²) in [7, 11) is -3.93. The number of nitrogens with one attached hydrogen (secondary N) is 2. The zero-order valence-electron chi connectivity index (χ0n) is 20.0. The summed E-state index contributed by atoms with van der Waals surface area (Å²) in [6, 6.07) is 15.6. The summed E-state index contributed by atoms with van der Waals surface area (Å²) in [6.07, 6.45) is 1.99. The maximum atomic E-state index is 13.9. The average molecular weight is 547 g/mol. The third kappa shape index (κ3) is 4.47. The van der Waals surface area contributed by atoms with Gasteiger partial charge in [-0.15, -0.1) is 23.5 Å². The Kier molecular flexibility index (Phi) is 7.86. The fourth-order valence-electron chi connectivity index (χ4n) is 4.84. The molecule has 0 spiro atoms. The number of thioether (sulfide) groups is 2. The van der Waals surface area contributed by atoms with Gasteiger partial charge in [-0.25, -0.2) is 8.42 Å². The van der Waals surface area contributed by atoms with Gasteiger partial charge in [-0.1, -0.05) is 62.0 Å². The topological polar surface area (TPSA) is 122 Å². The molecule has 1 unspecified atom stereocenters. The monoisotopic (exact) mass is 546 g/mol. The summed E-state index contributed by atoms with van der Waals surface area (Å²) in [6.45, 7) is 6.34. The molecule has 192 valence electrons. The van der Waals surface area contributed by atoms with Gasteiger partial charge in [0.15, 0.2) is 4.87 Å². The van der Waals surface area contributed by atoms with E-state index in [1.165, 1.54) is 40.0 Å². The molecule has 2 aliphatic heterocycles. The van der Waals surface area contributed by atoms with Gasteiger partial charge in [0.2, 0.25) is 15.9 Å². The lowest BCUT2D eigenvalue weighted by Crippen LogP contribution is -2.70. The van der Waals surface area contributed by atoms with E-state index < -0.39 is 37.6 Å². The number of sulfonamides is 1. The van der Waals surface area contributed by atoms with Gasteiger partial charge in [-0.3, -0.25) is 14.9 Å². The van der Waals surface area contributed by atoms with E-state index in [1.807, 2.05) is 37.3 Å². The van der Waals surface area contributed by atoms with Crippen molar-refractivity contribution in [3.8, 4) is 0 Å². The fourth-order valence-corrected chi connectivity index (χ4v) is 9.34. The highest BCUT2D eigenvalue weighted by Crippen LogP contribution is 2.46. The number of rotatable bonds is 9. The molecule has 0 saturated carbocycles. The number of benzene rings is 2. The number of hydrogen-bond acceptors (Lipinski definition) is 7. The summed E-state index contributed by atoms with van der Waals surface area (Å²) >= 11 is 2.63. The van der Waals surface area contributed by atoms with Crippen LogP contribution in [-0.4, -0.2) is 59.4 Å². The van der Waals surface area contributed by atoms with Gasteiger partial charge in [-0.05, 0) is 29.7 Å². The molecule has 2 fully saturated rings. The van der Waals surface area contributed by atoms with Crippen LogP contribution in [0.25, 0.3) is 6.08 Å². The molecule has 0 bridgehead atoms. The lowest BCUT2D eigenvalue weighted by Gasteiger charge is -2.47. The molecule has 2 aromatic carbocycles. The van der Waals surface area contributed by atoms with Gasteiger partial charge >= 0.3 is 0 Å². The summed E-state index contributed by atoms with van der Waals surface area (Å²) in [5, 5.41) is 5.39. The van der Waals surface area contributed by atoms with Crippen molar-refractivity contribution in [3.05, 3.63) is 72.3 Å². The Labute approximate surface area is 220 Å². The molecule has 11 heteroatoms. The van der Waals surface area contributed by atoms with E-state index in [0.717, 1.165) is 11.1 Å². The van der Waals surface area contributed by atoms with E-state index in [9.17, 15) is 18.0 Å². The molecule has 0 aromatic heterocycles. The second kappa shape index (κ2) is 10.6. The minimum absolute atomic E-state index is 0.111. The van der Waals surface area contributed by atoms with Crippen molar-refractivity contribution in [1.82, 2.24) is 14.9 Å². The molecule has 2 aliphatic rings. The third-order valence-electron chi connectivity index (χ3n) is 6.67. The van der Waals surface area contributed by atoms with Crippen LogP contribution in [0.15, 0.2) is 66.1 Å². The van der Waals surface area contributed by atoms with Crippen molar-refractivity contribution < 1.29 is 18.0 Å². The highest BCUT2D eigenvalue weighted by molar-refractivity contribution is 8.02. The SMILES string of the molecule is C=Cc1ccc(S(=O)(=O)N2CCS[C@H]2C(=O)N[C@@](CC)(c2ccccc2)C2(C(N)=O)NCCS2)cc1. The van der Waals surface area contributed by atoms with E-state index in [0.29, 0.717) is 24.5 Å². The molecule has 4 rings (SSSR count). The highest BCUT2D eigenvalue weighted by atomic mass is 32.2. The molecule has 2 saturated heterocycles. The third-order valence-corrected chi connectivity index (χ3v) is 11.4. The van der Waals surface area contributed by atoms with Gasteiger partial charge in [0, 0.05) is 24.6 Å². The van der Waals surface area contributed by atoms with Crippen molar-refractivity contribution in [2.75, 3.05) is 24.6 Å². The Balaban J connectivity index is 1.72. The molecule has 2 heterocycles. The standard InChI is InChI=1S/C25H30N4O4S3/c1-3-18-10-12-20(13-11-18)36(32,33)29-15-17-34-22(29)21(30)28-24(4-2,19-8-6-5-7-9-19)25(23(26)31)27-14-16-35-25/h3,5-13,22,27H,1,4,14-17H2,2H3,(H2,26,31)(H,28,30)/t22-,24-,25?/m0/s1. The average Bonchev–Trinajstić information content (AvgIpc) is 3.59. The number of hydrogen-bond donors (Lipinski definition) is 3. The molecular formula is C25H30N4O4S3. The van der Waals surface area contributed by atoms with Gasteiger partial charge in [0.25, 0.3) is 5.91 Å². The first-order chi connectivity index (χ1) is 17.2. The molecule has 4 N–H and O–H groups in total. The van der Waals surface area contributed by atoms with Crippen LogP contribution in [0.1, 0.15) is 24.5 Å². The van der Waals surface area contributed by atoms with Crippen molar-refractivity contribution in [2.45, 2.75) is 34.0 Å². The highest BCUT2D eigenvalue weighted by Gasteiger charge is 2.59. The number of carbonyl (C=O) groups excluding carboxylic acids is 2. The van der Waals surface area contributed by atoms with Crippen molar-refractivity contribution >= 4 is 51.4 Å². The maximum absolute atomic E-state index is 13.9. The first-order valence-electron chi connectivity index (χ1n) is 11.6. The molecule has 3 atom stereocenters. The number of nitrogens with two attached hydrogens (primary N) is 1. The second-order valence-corrected chi connectivity index (χ2v) is 12.9. The van der Waals surface area contributed by atoms with Crippen LogP contribution in [0.4, 0.5) is 0 Å². The van der Waals surface area contributed by atoms with Crippen LogP contribution >= 0.6 is 23.5 Å². The van der Waals surface area contributed by atoms with E-state index in [1.54, 1.807) is 18.2 Å². The van der Waals surface area contributed by atoms with Crippen molar-refractivity contribution in [1.29, 1.82) is 0 Å². The summed E-state index contributed by atoms with van der Waals surface area (Å²) in [5.41, 5.74) is 6.29. The Hall–Kier alpha value is -2.31. The smallest absolute Gasteiger partial charge is 0.251 e. The van der Waals surface area contributed by atoms with Crippen LogP contribution in [0.3, 0.4) is 0 Å². The van der Waals surface area contributed by atoms with E-state index in [4.69, 9.17) is 5.73 Å². The summed E-state index contributed by atoms with van der Waals surface area (Å²) in [5.74, 6) is 0.0547. The summed E-state index contributed by atoms with van der Waals surface area (Å²) < 4.78 is 28.2. The van der Waals surface area contributed by atoms with Crippen molar-refractivity contribution in [3.63, 3.8) is 0 Å². The van der Waals surface area contributed by atoms with Gasteiger partial charge in [0.05, 0.1) is 4.90 Å². The zero-order valence-corrected chi connectivity index (χ0v) is 22.4. The number of amides is 2. The van der Waals surface area contributed by atoms with Gasteiger partial charge < -0.3 is 11.1 Å². The summed E-state index contributed by atoms with van der Waals surface area (Å²) in [4.78, 5) is 25.6. The van der Waals surface area contributed by atoms with Crippen LogP contribution in [0, 0.1) is 0 Å². The predicted molar refractivity (Wildman–Crippen MR) is 146 cm³/mol. The molecular weight excluding hydrogens is 517 g/mol. The van der Waals surface area contributed by atoms with E-state index >= 15 is 0 Å². The molecule has 36 heavy (non-hydrogen) atoms. The Bertz CT molecular complexity index is 1230. The van der Waals surface area contributed by atoms with E-state index in [2.05, 4.69) is 17.2 Å². The number of primary amides is 1. The Morgan fingerprint density at radius 3 is 2.47 bits per heavy atom. The van der Waals surface area contributed by atoms with Gasteiger partial charge in [0.1, 0.15) is 10.9 Å². The normalized spacial score (nSPS) is 24.2. The van der Waals surface area contributed by atoms with E-state index in [-0.39, 0.29) is 11.4 Å². The molecule has 0 aliphatic carbocycles. The van der Waals surface area contributed by atoms with Crippen molar-refractivity contribution in [2.24, 2.45) is 5.73 Å². The molecule has 8 nitrogen and oxygen atoms in total. The number of nitrogens with zero attached hydrogens (tertiary/aromatic N) is 1. The Morgan fingerprint density at radius 2 is 1.92 bits per heavy atom.